The molecule has 3 aromatic rings. The number of rotatable bonds is 7. The third-order valence-electron chi connectivity index (χ3n) is 7.08. The summed E-state index contributed by atoms with van der Waals surface area (Å²) in [6.45, 7) is -0.566. The van der Waals surface area contributed by atoms with E-state index in [9.17, 15) is 22.4 Å². The van der Waals surface area contributed by atoms with Gasteiger partial charge in [0, 0.05) is 24.7 Å². The van der Waals surface area contributed by atoms with Gasteiger partial charge in [-0.3, -0.25) is 0 Å². The maximum Gasteiger partial charge on any atom is 0.427 e. The number of halogens is 4. The van der Waals surface area contributed by atoms with E-state index >= 15 is 0 Å². The number of benzene rings is 2. The second-order valence-corrected chi connectivity index (χ2v) is 9.68. The molecule has 208 valence electrons. The van der Waals surface area contributed by atoms with E-state index in [4.69, 9.17) is 15.6 Å². The topological polar surface area (TPSA) is 65.8 Å². The summed E-state index contributed by atoms with van der Waals surface area (Å²) in [5, 5.41) is 4.66. The van der Waals surface area contributed by atoms with Gasteiger partial charge in [-0.1, -0.05) is 12.1 Å². The monoisotopic (exact) mass is 548 g/mol. The van der Waals surface area contributed by atoms with Crippen LogP contribution in [0.2, 0.25) is 0 Å². The molecule has 1 aromatic heterocycles. The van der Waals surface area contributed by atoms with Gasteiger partial charge in [0.1, 0.15) is 11.6 Å². The Labute approximate surface area is 224 Å². The fraction of sp³-hybridized carbons (Fsp3) is 0.429. The summed E-state index contributed by atoms with van der Waals surface area (Å²) >= 11 is 0. The molecule has 11 heteroatoms. The van der Waals surface area contributed by atoms with Crippen LogP contribution in [0.1, 0.15) is 42.6 Å². The molecular formula is C28H29F4N3O4. The van der Waals surface area contributed by atoms with Gasteiger partial charge in [-0.15, -0.1) is 0 Å². The highest BCUT2D eigenvalue weighted by Gasteiger charge is 2.44. The Morgan fingerprint density at radius 2 is 1.90 bits per heavy atom. The number of amides is 1. The zero-order valence-electron chi connectivity index (χ0n) is 22.3. The normalized spacial score (nSPS) is 16.7. The highest BCUT2D eigenvalue weighted by atomic mass is 19.4. The summed E-state index contributed by atoms with van der Waals surface area (Å²) in [5.41, 5.74) is 3.56. The van der Waals surface area contributed by atoms with Crippen molar-refractivity contribution >= 4 is 6.09 Å². The number of carbonyl (C=O) groups excluding carboxylic acids is 1. The van der Waals surface area contributed by atoms with Gasteiger partial charge in [0.15, 0.2) is 0 Å². The minimum atomic E-state index is -4.79. The molecule has 1 amide bonds. The molecule has 39 heavy (non-hydrogen) atoms. The first-order valence-corrected chi connectivity index (χ1v) is 12.7. The lowest BCUT2D eigenvalue weighted by atomic mass is 9.93. The number of ether oxygens (including phenoxy) is 3. The van der Waals surface area contributed by atoms with Crippen LogP contribution in [0.25, 0.3) is 5.69 Å². The fourth-order valence-corrected chi connectivity index (χ4v) is 4.89. The van der Waals surface area contributed by atoms with Crippen molar-refractivity contribution in [2.75, 3.05) is 26.8 Å². The Bertz CT molecular complexity index is 1350. The van der Waals surface area contributed by atoms with Crippen molar-refractivity contribution in [3.05, 3.63) is 76.8 Å². The number of nitrogens with zero attached hydrogens (tertiary/aromatic N) is 3. The third kappa shape index (κ3) is 6.19. The second kappa shape index (κ2) is 11.3. The van der Waals surface area contributed by atoms with E-state index in [2.05, 4.69) is 5.10 Å². The Morgan fingerprint density at radius 3 is 2.59 bits per heavy atom. The standard InChI is InChI=1S/C28H29F4N3O4/c1-37-23-7-2-18(3-8-23)16-38-17-26(28(30,31)32)39-27(36)34-12-10-19(11-13-34)24-15-22-6-4-20-14-21(29)5-9-25(20)35(22)33-24/h2-3,5,7-9,14-15,19,26H,4,6,10-13,16-17H2,1H3/i15D. The number of likely N-dealkylation sites (tertiary alicyclic amines) is 1. The molecular weight excluding hydrogens is 518 g/mol. The van der Waals surface area contributed by atoms with Crippen LogP contribution < -0.4 is 4.74 Å². The summed E-state index contributed by atoms with van der Waals surface area (Å²) in [6.07, 6.45) is -6.22. The molecule has 0 saturated carbocycles. The van der Waals surface area contributed by atoms with Crippen molar-refractivity contribution in [3.8, 4) is 11.4 Å². The molecule has 0 aliphatic carbocycles. The van der Waals surface area contributed by atoms with Crippen molar-refractivity contribution < 1.29 is 37.9 Å². The quantitative estimate of drug-likeness (QED) is 0.361. The van der Waals surface area contributed by atoms with Crippen molar-refractivity contribution in [3.63, 3.8) is 0 Å². The molecule has 1 unspecified atom stereocenters. The van der Waals surface area contributed by atoms with Crippen LogP contribution >= 0.6 is 0 Å². The smallest absolute Gasteiger partial charge is 0.427 e. The third-order valence-corrected chi connectivity index (χ3v) is 7.08. The van der Waals surface area contributed by atoms with Crippen LogP contribution in [0.15, 0.2) is 48.5 Å². The van der Waals surface area contributed by atoms with Crippen LogP contribution in [0, 0.1) is 5.82 Å². The lowest BCUT2D eigenvalue weighted by Gasteiger charge is -2.32. The van der Waals surface area contributed by atoms with Crippen molar-refractivity contribution in [1.82, 2.24) is 14.7 Å². The van der Waals surface area contributed by atoms with Gasteiger partial charge < -0.3 is 19.1 Å². The second-order valence-electron chi connectivity index (χ2n) is 9.68. The molecule has 0 N–H and O–H groups in total. The molecule has 7 nitrogen and oxygen atoms in total. The van der Waals surface area contributed by atoms with Crippen molar-refractivity contribution in [2.24, 2.45) is 0 Å². The number of methoxy groups -OCH3 is 1. The minimum Gasteiger partial charge on any atom is -0.497 e. The highest BCUT2D eigenvalue weighted by molar-refractivity contribution is 5.68. The number of alkyl halides is 3. The van der Waals surface area contributed by atoms with Gasteiger partial charge >= 0.3 is 12.3 Å². The first kappa shape index (κ1) is 25.7. The molecule has 1 fully saturated rings. The van der Waals surface area contributed by atoms with E-state index in [0.29, 0.717) is 48.7 Å². The average molecular weight is 549 g/mol. The fourth-order valence-electron chi connectivity index (χ4n) is 4.89. The summed E-state index contributed by atoms with van der Waals surface area (Å²) in [4.78, 5) is 13.9. The van der Waals surface area contributed by atoms with E-state index in [0.717, 1.165) is 16.9 Å². The molecule has 0 spiro atoms. The molecule has 5 rings (SSSR count). The Hall–Kier alpha value is -3.60. The zero-order chi connectivity index (χ0) is 28.4. The van der Waals surface area contributed by atoms with Crippen LogP contribution in [0.4, 0.5) is 22.4 Å². The average Bonchev–Trinajstić information content (AvgIpc) is 3.28. The van der Waals surface area contributed by atoms with Gasteiger partial charge in [-0.25, -0.2) is 13.9 Å². The highest BCUT2D eigenvalue weighted by Crippen LogP contribution is 2.32. The molecule has 2 aromatic carbocycles. The molecule has 0 bridgehead atoms. The predicted molar refractivity (Wildman–Crippen MR) is 133 cm³/mol. The lowest BCUT2D eigenvalue weighted by molar-refractivity contribution is -0.220. The summed E-state index contributed by atoms with van der Waals surface area (Å²) in [6, 6.07) is 11.5. The SMILES string of the molecule is [2H]c1c(C2CCN(C(=O)OC(COCc3ccc(OC)cc3)C(F)(F)F)CC2)nn2c1CCc1cc(F)ccc1-2. The van der Waals surface area contributed by atoms with Crippen LogP contribution in [-0.4, -0.2) is 59.9 Å². The molecule has 2 aliphatic rings. The number of hydrogen-bond acceptors (Lipinski definition) is 5. The molecule has 2 aliphatic heterocycles. The first-order chi connectivity index (χ1) is 19.1. The Balaban J connectivity index is 1.17. The van der Waals surface area contributed by atoms with Crippen LogP contribution in [0.3, 0.4) is 0 Å². The van der Waals surface area contributed by atoms with E-state index in [-0.39, 0.29) is 31.4 Å². The number of aromatic nitrogens is 2. The number of carbonyl (C=O) groups is 1. The van der Waals surface area contributed by atoms with E-state index in [1.54, 1.807) is 35.0 Å². The molecule has 0 radical (unpaired) electrons. The van der Waals surface area contributed by atoms with Gasteiger partial charge in [0.05, 0.1) is 33.1 Å². The van der Waals surface area contributed by atoms with Crippen LogP contribution in [-0.2, 0) is 28.9 Å². The van der Waals surface area contributed by atoms with E-state index in [1.807, 2.05) is 0 Å². The van der Waals surface area contributed by atoms with Crippen molar-refractivity contribution in [1.29, 1.82) is 0 Å². The summed E-state index contributed by atoms with van der Waals surface area (Å²) in [7, 11) is 1.51. The maximum atomic E-state index is 13.7. The Kier molecular flexibility index (Phi) is 7.40. The van der Waals surface area contributed by atoms with Gasteiger partial charge in [0.25, 0.3) is 0 Å². The lowest BCUT2D eigenvalue weighted by Crippen LogP contribution is -2.44. The minimum absolute atomic E-state index is 0.0803. The van der Waals surface area contributed by atoms with Crippen LogP contribution in [0.5, 0.6) is 5.75 Å². The summed E-state index contributed by atoms with van der Waals surface area (Å²) < 4.78 is 79.9. The zero-order valence-corrected chi connectivity index (χ0v) is 21.3. The maximum absolute atomic E-state index is 13.7. The van der Waals surface area contributed by atoms with Gasteiger partial charge in [0.2, 0.25) is 6.10 Å². The summed E-state index contributed by atoms with van der Waals surface area (Å²) in [5.74, 6) is 0.157. The van der Waals surface area contributed by atoms with Gasteiger partial charge in [-0.05, 0) is 73.2 Å². The number of piperidine rings is 1. The molecule has 1 atom stereocenters. The number of hydrogen-bond donors (Lipinski definition) is 0. The first-order valence-electron chi connectivity index (χ1n) is 13.2. The van der Waals surface area contributed by atoms with E-state index in [1.165, 1.54) is 24.1 Å². The predicted octanol–water partition coefficient (Wildman–Crippen LogP) is 5.58. The number of fused-ring (bicyclic) bond motifs is 3. The Morgan fingerprint density at radius 1 is 1.15 bits per heavy atom. The number of aryl methyl sites for hydroxylation is 1. The van der Waals surface area contributed by atoms with E-state index < -0.39 is 25.0 Å². The molecule has 1 saturated heterocycles. The van der Waals surface area contributed by atoms with Crippen molar-refractivity contribution in [2.45, 2.75) is 50.5 Å². The largest absolute Gasteiger partial charge is 0.497 e. The molecule has 3 heterocycles. The van der Waals surface area contributed by atoms with Gasteiger partial charge in [-0.2, -0.15) is 18.3 Å².